The van der Waals surface area contributed by atoms with Crippen molar-refractivity contribution in [2.45, 2.75) is 64.9 Å². The molecule has 0 aromatic heterocycles. The third-order valence-corrected chi connectivity index (χ3v) is 6.21. The van der Waals surface area contributed by atoms with Crippen molar-refractivity contribution in [3.05, 3.63) is 11.1 Å². The minimum Gasteiger partial charge on any atom is -0.478 e. The average Bonchev–Trinajstić information content (AvgIpc) is 2.32. The smallest absolute Gasteiger partial charge is 0.331 e. The van der Waals surface area contributed by atoms with Gasteiger partial charge in [0.05, 0.1) is 17.1 Å². The summed E-state index contributed by atoms with van der Waals surface area (Å²) < 4.78 is 0. The Balaban J connectivity index is 2.15. The average molecular weight is 289 g/mol. The molecule has 0 aromatic rings. The first-order chi connectivity index (χ1) is 9.57. The molecule has 4 rings (SSSR count). The summed E-state index contributed by atoms with van der Waals surface area (Å²) in [5.74, 6) is -0.897. The van der Waals surface area contributed by atoms with E-state index in [1.165, 1.54) is 0 Å². The number of carboxylic acid groups (broad SMARTS) is 1. The number of aliphatic hydroxyl groups is 1. The third-order valence-electron chi connectivity index (χ3n) is 6.21. The summed E-state index contributed by atoms with van der Waals surface area (Å²) in [6.07, 6.45) is 4.32. The Morgan fingerprint density at radius 3 is 2.29 bits per heavy atom. The van der Waals surface area contributed by atoms with Gasteiger partial charge in [-0.2, -0.15) is 5.26 Å². The molecule has 0 amide bonds. The molecule has 4 aliphatic carbocycles. The summed E-state index contributed by atoms with van der Waals surface area (Å²) in [4.78, 5) is 11.4. The molecule has 4 aliphatic rings. The van der Waals surface area contributed by atoms with E-state index in [2.05, 4.69) is 13.0 Å². The predicted molar refractivity (Wildman–Crippen MR) is 77.2 cm³/mol. The van der Waals surface area contributed by atoms with E-state index in [0.717, 1.165) is 24.8 Å². The summed E-state index contributed by atoms with van der Waals surface area (Å²) in [6, 6.07) is 2.48. The van der Waals surface area contributed by atoms with E-state index >= 15 is 0 Å². The van der Waals surface area contributed by atoms with Gasteiger partial charge in [0.1, 0.15) is 0 Å². The van der Waals surface area contributed by atoms with Crippen molar-refractivity contribution in [1.82, 2.24) is 0 Å². The van der Waals surface area contributed by atoms with Gasteiger partial charge in [-0.05, 0) is 63.2 Å². The van der Waals surface area contributed by atoms with Gasteiger partial charge in [-0.1, -0.05) is 12.5 Å². The molecule has 0 aromatic carbocycles. The molecule has 0 radical (unpaired) electrons. The molecule has 0 aliphatic heterocycles. The number of nitrogens with zero attached hydrogens (tertiary/aromatic N) is 1. The van der Waals surface area contributed by atoms with E-state index in [4.69, 9.17) is 0 Å². The van der Waals surface area contributed by atoms with E-state index in [1.54, 1.807) is 6.92 Å². The second-order valence-electron chi connectivity index (χ2n) is 8.32. The van der Waals surface area contributed by atoms with E-state index < -0.39 is 17.0 Å². The van der Waals surface area contributed by atoms with Crippen LogP contribution < -0.4 is 0 Å². The van der Waals surface area contributed by atoms with Crippen molar-refractivity contribution in [2.24, 2.45) is 16.2 Å². The van der Waals surface area contributed by atoms with E-state index in [1.807, 2.05) is 6.92 Å². The number of hydrogen-bond donors (Lipinski definition) is 2. The maximum Gasteiger partial charge on any atom is 0.331 e. The predicted octanol–water partition coefficient (Wildman–Crippen LogP) is 3.02. The Bertz CT molecular complexity index is 580. The van der Waals surface area contributed by atoms with Crippen LogP contribution in [0, 0.1) is 27.6 Å². The summed E-state index contributed by atoms with van der Waals surface area (Å²) in [5.41, 5.74) is -0.441. The fourth-order valence-corrected chi connectivity index (χ4v) is 6.16. The Morgan fingerprint density at radius 1 is 1.10 bits per heavy atom. The van der Waals surface area contributed by atoms with E-state index in [0.29, 0.717) is 24.8 Å². The minimum atomic E-state index is -0.897. The second-order valence-corrected chi connectivity index (χ2v) is 8.32. The maximum atomic E-state index is 11.4. The van der Waals surface area contributed by atoms with Gasteiger partial charge >= 0.3 is 5.97 Å². The first-order valence-corrected chi connectivity index (χ1v) is 7.62. The van der Waals surface area contributed by atoms with Crippen molar-refractivity contribution in [2.75, 3.05) is 0 Å². The second kappa shape index (κ2) is 3.89. The van der Waals surface area contributed by atoms with Crippen molar-refractivity contribution < 1.29 is 15.0 Å². The van der Waals surface area contributed by atoms with Crippen LogP contribution in [0.1, 0.15) is 59.3 Å². The molecule has 0 saturated heterocycles. The minimum absolute atomic E-state index is 0.0563. The molecule has 4 nitrogen and oxygen atoms in total. The summed E-state index contributed by atoms with van der Waals surface area (Å²) in [6.45, 7) is 5.68. The number of carboxylic acids is 1. The quantitative estimate of drug-likeness (QED) is 0.766. The molecule has 4 bridgehead atoms. The first kappa shape index (κ1) is 14.6. The molecular weight excluding hydrogens is 266 g/mol. The highest BCUT2D eigenvalue weighted by Gasteiger charge is 2.67. The topological polar surface area (TPSA) is 81.3 Å². The Kier molecular flexibility index (Phi) is 2.71. The van der Waals surface area contributed by atoms with Crippen LogP contribution in [0.15, 0.2) is 11.1 Å². The molecule has 4 atom stereocenters. The Morgan fingerprint density at radius 2 is 1.76 bits per heavy atom. The fourth-order valence-electron chi connectivity index (χ4n) is 6.16. The summed E-state index contributed by atoms with van der Waals surface area (Å²) in [5, 5.41) is 30.0. The maximum absolute atomic E-state index is 11.4. The zero-order valence-corrected chi connectivity index (χ0v) is 13.0. The van der Waals surface area contributed by atoms with Crippen LogP contribution in [0.4, 0.5) is 0 Å². The zero-order valence-electron chi connectivity index (χ0n) is 13.0. The van der Waals surface area contributed by atoms with Gasteiger partial charge in [-0.3, -0.25) is 0 Å². The number of aliphatic carboxylic acids is 1. The molecule has 4 saturated carbocycles. The van der Waals surface area contributed by atoms with Crippen LogP contribution in [0.2, 0.25) is 0 Å². The number of rotatable bonds is 2. The van der Waals surface area contributed by atoms with Gasteiger partial charge < -0.3 is 10.2 Å². The number of allylic oxidation sites excluding steroid dienone is 1. The largest absolute Gasteiger partial charge is 0.478 e. The molecule has 4 unspecified atom stereocenters. The molecule has 21 heavy (non-hydrogen) atoms. The summed E-state index contributed by atoms with van der Waals surface area (Å²) in [7, 11) is 0. The first-order valence-electron chi connectivity index (χ1n) is 7.62. The van der Waals surface area contributed by atoms with Crippen LogP contribution in [0.3, 0.4) is 0 Å². The Labute approximate surface area is 125 Å². The number of carbonyl (C=O) groups is 1. The van der Waals surface area contributed by atoms with Gasteiger partial charge in [0.2, 0.25) is 0 Å². The van der Waals surface area contributed by atoms with Crippen molar-refractivity contribution in [1.29, 1.82) is 5.26 Å². The molecule has 0 spiro atoms. The van der Waals surface area contributed by atoms with E-state index in [-0.39, 0.29) is 10.8 Å². The van der Waals surface area contributed by atoms with E-state index in [9.17, 15) is 20.3 Å². The standard InChI is InChI=1S/C17H23NO3/c1-11(13(19)20)12(2)16-5-14(3)4-15(7-16,10-18)8-17(21,6-14)9-16/h21H,4-9H2,1-3H3,(H,19,20). The lowest BCUT2D eigenvalue weighted by atomic mass is 9.37. The lowest BCUT2D eigenvalue weighted by molar-refractivity contribution is -0.203. The lowest BCUT2D eigenvalue weighted by Gasteiger charge is -2.67. The number of nitriles is 1. The molecule has 2 N–H and O–H groups in total. The third kappa shape index (κ3) is 1.94. The fraction of sp³-hybridized carbons (Fsp3) is 0.765. The lowest BCUT2D eigenvalue weighted by Crippen LogP contribution is -2.63. The highest BCUT2D eigenvalue weighted by molar-refractivity contribution is 5.87. The zero-order chi connectivity index (χ0) is 15.7. The molecule has 0 heterocycles. The van der Waals surface area contributed by atoms with Gasteiger partial charge in [0, 0.05) is 5.57 Å². The molecule has 4 fully saturated rings. The number of hydrogen-bond acceptors (Lipinski definition) is 3. The van der Waals surface area contributed by atoms with Crippen LogP contribution in [-0.2, 0) is 4.79 Å². The molecule has 114 valence electrons. The van der Waals surface area contributed by atoms with Crippen molar-refractivity contribution >= 4 is 5.97 Å². The van der Waals surface area contributed by atoms with Gasteiger partial charge in [0.15, 0.2) is 0 Å². The SMILES string of the molecule is CC(C(=O)O)=C(C)C12CC3(C)CC(O)(CC(C#N)(C3)C1)C2. The van der Waals surface area contributed by atoms with Crippen LogP contribution in [0.25, 0.3) is 0 Å². The monoisotopic (exact) mass is 289 g/mol. The van der Waals surface area contributed by atoms with Crippen molar-refractivity contribution in [3.8, 4) is 6.07 Å². The highest BCUT2D eigenvalue weighted by Crippen LogP contribution is 2.72. The normalized spacial score (nSPS) is 48.7. The summed E-state index contributed by atoms with van der Waals surface area (Å²) >= 11 is 0. The highest BCUT2D eigenvalue weighted by atomic mass is 16.4. The van der Waals surface area contributed by atoms with Gasteiger partial charge in [-0.25, -0.2) is 4.79 Å². The molecular formula is C17H23NO3. The van der Waals surface area contributed by atoms with Gasteiger partial charge in [0.25, 0.3) is 0 Å². The van der Waals surface area contributed by atoms with Crippen LogP contribution in [-0.4, -0.2) is 21.8 Å². The molecule has 4 heteroatoms. The van der Waals surface area contributed by atoms with Gasteiger partial charge in [-0.15, -0.1) is 0 Å². The Hall–Kier alpha value is -1.34. The van der Waals surface area contributed by atoms with Crippen LogP contribution >= 0.6 is 0 Å². The van der Waals surface area contributed by atoms with Crippen LogP contribution in [0.5, 0.6) is 0 Å². The van der Waals surface area contributed by atoms with Crippen molar-refractivity contribution in [3.63, 3.8) is 0 Å².